The predicted molar refractivity (Wildman–Crippen MR) is 131 cm³/mol. The van der Waals surface area contributed by atoms with Crippen LogP contribution in [0.1, 0.15) is 63.8 Å². The van der Waals surface area contributed by atoms with E-state index in [0.29, 0.717) is 17.3 Å². The monoisotopic (exact) mass is 479 g/mol. The van der Waals surface area contributed by atoms with Gasteiger partial charge in [-0.2, -0.15) is 5.10 Å². The number of aromatic nitrogens is 3. The molecular formula is C26H30ClN5O2. The Labute approximate surface area is 204 Å². The largest absolute Gasteiger partial charge is 0.387 e. The third kappa shape index (κ3) is 4.87. The molecule has 8 heteroatoms. The second-order valence-corrected chi connectivity index (χ2v) is 9.84. The Kier molecular flexibility index (Phi) is 6.68. The van der Waals surface area contributed by atoms with Crippen LogP contribution in [0, 0.1) is 0 Å². The van der Waals surface area contributed by atoms with Crippen molar-refractivity contribution in [3.8, 4) is 0 Å². The van der Waals surface area contributed by atoms with Crippen LogP contribution >= 0.6 is 11.6 Å². The minimum Gasteiger partial charge on any atom is -0.387 e. The molecule has 0 saturated carbocycles. The Bertz CT molecular complexity index is 1150. The van der Waals surface area contributed by atoms with E-state index in [-0.39, 0.29) is 18.0 Å². The number of hydrogen-bond donors (Lipinski definition) is 3. The first kappa shape index (κ1) is 23.0. The second-order valence-electron chi connectivity index (χ2n) is 9.45. The van der Waals surface area contributed by atoms with Crippen LogP contribution in [0.5, 0.6) is 0 Å². The van der Waals surface area contributed by atoms with Crippen molar-refractivity contribution in [2.45, 2.75) is 63.3 Å². The van der Waals surface area contributed by atoms with Gasteiger partial charge in [0.25, 0.3) is 5.91 Å². The van der Waals surface area contributed by atoms with Gasteiger partial charge in [0.05, 0.1) is 18.3 Å². The molecule has 1 saturated heterocycles. The van der Waals surface area contributed by atoms with Crippen LogP contribution in [0.3, 0.4) is 0 Å². The van der Waals surface area contributed by atoms with Gasteiger partial charge in [-0.3, -0.25) is 9.89 Å². The lowest BCUT2D eigenvalue weighted by Gasteiger charge is -2.20. The Morgan fingerprint density at radius 2 is 2.03 bits per heavy atom. The number of nitrogens with one attached hydrogen (secondary N) is 2. The fourth-order valence-electron chi connectivity index (χ4n) is 5.16. The van der Waals surface area contributed by atoms with E-state index in [4.69, 9.17) is 11.6 Å². The maximum absolute atomic E-state index is 12.9. The molecule has 1 aliphatic carbocycles. The van der Waals surface area contributed by atoms with Gasteiger partial charge in [0.2, 0.25) is 0 Å². The molecule has 0 bridgehead atoms. The molecule has 3 atom stereocenters. The van der Waals surface area contributed by atoms with Crippen molar-refractivity contribution in [1.82, 2.24) is 25.4 Å². The molecule has 0 spiro atoms. The van der Waals surface area contributed by atoms with Gasteiger partial charge in [-0.1, -0.05) is 29.8 Å². The number of carbonyl (C=O) groups excluding carboxylic acids is 1. The highest BCUT2D eigenvalue weighted by atomic mass is 35.5. The lowest BCUT2D eigenvalue weighted by atomic mass is 10.0. The molecule has 1 fully saturated rings. The summed E-state index contributed by atoms with van der Waals surface area (Å²) in [7, 11) is 1.83. The van der Waals surface area contributed by atoms with E-state index in [1.54, 1.807) is 17.2 Å². The molecule has 1 amide bonds. The van der Waals surface area contributed by atoms with E-state index >= 15 is 0 Å². The van der Waals surface area contributed by atoms with Crippen LogP contribution < -0.4 is 5.32 Å². The molecule has 178 valence electrons. The van der Waals surface area contributed by atoms with E-state index in [0.717, 1.165) is 49.8 Å². The molecule has 3 aromatic rings. The third-order valence-electron chi connectivity index (χ3n) is 7.06. The number of aryl methyl sites for hydroxylation is 1. The number of H-pyrrole nitrogens is 1. The highest BCUT2D eigenvalue weighted by molar-refractivity contribution is 6.29. The minimum absolute atomic E-state index is 0.0000450. The van der Waals surface area contributed by atoms with Crippen molar-refractivity contribution in [1.29, 1.82) is 0 Å². The second kappa shape index (κ2) is 9.86. The number of amides is 1. The smallest absolute Gasteiger partial charge is 0.253 e. The number of carbonyl (C=O) groups is 1. The SMILES string of the molecule is CN(Cc1n[nH]c2c1CCC2)C(=O)c1ccc(C[C@@H]2CC[C@H]([C@H](O)c3ccc(Cl)nc3)N2)cc1. The van der Waals surface area contributed by atoms with E-state index in [1.165, 1.54) is 16.8 Å². The average Bonchev–Trinajstić information content (AvgIpc) is 3.58. The number of aliphatic hydroxyl groups is 1. The molecule has 0 unspecified atom stereocenters. The van der Waals surface area contributed by atoms with E-state index in [1.807, 2.05) is 37.4 Å². The average molecular weight is 480 g/mol. The van der Waals surface area contributed by atoms with Gasteiger partial charge in [-0.25, -0.2) is 4.98 Å². The van der Waals surface area contributed by atoms with Crippen molar-refractivity contribution in [3.05, 3.63) is 81.4 Å². The minimum atomic E-state index is -0.610. The molecule has 3 heterocycles. The molecule has 2 aliphatic rings. The standard InChI is InChI=1S/C26H30ClN5O2/c1-32(15-23-20-3-2-4-21(20)30-31-23)26(34)17-7-5-16(6-8-17)13-19-10-11-22(29-19)25(33)18-9-12-24(27)28-14-18/h5-9,12,14,19,22,25,29,33H,2-4,10-11,13,15H2,1H3,(H,30,31)/t19-,22+,25+/m0/s1. The van der Waals surface area contributed by atoms with Gasteiger partial charge in [0, 0.05) is 42.1 Å². The Morgan fingerprint density at radius 3 is 2.79 bits per heavy atom. The van der Waals surface area contributed by atoms with Crippen LogP contribution in [-0.2, 0) is 25.8 Å². The first-order valence-corrected chi connectivity index (χ1v) is 12.3. The fourth-order valence-corrected chi connectivity index (χ4v) is 5.27. The number of aromatic amines is 1. The number of rotatable bonds is 7. The summed E-state index contributed by atoms with van der Waals surface area (Å²) in [5.41, 5.74) is 6.12. The number of nitrogens with zero attached hydrogens (tertiary/aromatic N) is 3. The summed E-state index contributed by atoms with van der Waals surface area (Å²) in [6.45, 7) is 0.519. The zero-order chi connectivity index (χ0) is 23.7. The molecule has 34 heavy (non-hydrogen) atoms. The number of halogens is 1. The molecule has 2 aromatic heterocycles. The van der Waals surface area contributed by atoms with Crippen LogP contribution in [0.2, 0.25) is 5.15 Å². The number of fused-ring (bicyclic) bond motifs is 1. The summed E-state index contributed by atoms with van der Waals surface area (Å²) in [4.78, 5) is 18.7. The Morgan fingerprint density at radius 1 is 1.21 bits per heavy atom. The van der Waals surface area contributed by atoms with E-state index in [9.17, 15) is 9.90 Å². The predicted octanol–water partition coefficient (Wildman–Crippen LogP) is 3.62. The summed E-state index contributed by atoms with van der Waals surface area (Å²) in [5, 5.41) is 22.2. The van der Waals surface area contributed by atoms with Crippen LogP contribution in [0.4, 0.5) is 0 Å². The van der Waals surface area contributed by atoms with Gasteiger partial charge in [-0.05, 0) is 67.9 Å². The van der Waals surface area contributed by atoms with Crippen LogP contribution in [0.15, 0.2) is 42.6 Å². The third-order valence-corrected chi connectivity index (χ3v) is 7.28. The summed E-state index contributed by atoms with van der Waals surface area (Å²) in [6, 6.07) is 11.7. The molecule has 7 nitrogen and oxygen atoms in total. The van der Waals surface area contributed by atoms with Gasteiger partial charge < -0.3 is 15.3 Å². The highest BCUT2D eigenvalue weighted by Crippen LogP contribution is 2.27. The Hall–Kier alpha value is -2.74. The molecule has 0 radical (unpaired) electrons. The topological polar surface area (TPSA) is 94.1 Å². The molecule has 1 aliphatic heterocycles. The lowest BCUT2D eigenvalue weighted by molar-refractivity contribution is 0.0783. The first-order chi connectivity index (χ1) is 16.5. The molecule has 5 rings (SSSR count). The van der Waals surface area contributed by atoms with Crippen molar-refractivity contribution < 1.29 is 9.90 Å². The maximum atomic E-state index is 12.9. The van der Waals surface area contributed by atoms with Gasteiger partial charge in [0.1, 0.15) is 5.15 Å². The number of benzene rings is 1. The number of aliphatic hydroxyl groups excluding tert-OH is 1. The zero-order valence-corrected chi connectivity index (χ0v) is 20.1. The van der Waals surface area contributed by atoms with Gasteiger partial charge in [-0.15, -0.1) is 0 Å². The van der Waals surface area contributed by atoms with E-state index in [2.05, 4.69) is 20.5 Å². The van der Waals surface area contributed by atoms with E-state index < -0.39 is 6.10 Å². The summed E-state index contributed by atoms with van der Waals surface area (Å²) in [5.74, 6) is 0.0000450. The van der Waals surface area contributed by atoms with Crippen molar-refractivity contribution in [2.75, 3.05) is 7.05 Å². The number of hydrogen-bond acceptors (Lipinski definition) is 5. The van der Waals surface area contributed by atoms with Crippen LogP contribution in [0.25, 0.3) is 0 Å². The molecule has 3 N–H and O–H groups in total. The zero-order valence-electron chi connectivity index (χ0n) is 19.3. The quantitative estimate of drug-likeness (QED) is 0.450. The molecular weight excluding hydrogens is 450 g/mol. The normalized spacial score (nSPS) is 20.3. The summed E-state index contributed by atoms with van der Waals surface area (Å²) >= 11 is 5.85. The maximum Gasteiger partial charge on any atom is 0.253 e. The fraction of sp³-hybridized carbons (Fsp3) is 0.423. The van der Waals surface area contributed by atoms with Crippen molar-refractivity contribution >= 4 is 17.5 Å². The lowest BCUT2D eigenvalue weighted by Crippen LogP contribution is -2.35. The summed E-state index contributed by atoms with van der Waals surface area (Å²) < 4.78 is 0. The first-order valence-electron chi connectivity index (χ1n) is 11.9. The highest BCUT2D eigenvalue weighted by Gasteiger charge is 2.30. The van der Waals surface area contributed by atoms with Crippen LogP contribution in [-0.4, -0.2) is 50.2 Å². The van der Waals surface area contributed by atoms with Crippen molar-refractivity contribution in [3.63, 3.8) is 0 Å². The molecule has 1 aromatic carbocycles. The van der Waals surface area contributed by atoms with Gasteiger partial charge in [0.15, 0.2) is 0 Å². The van der Waals surface area contributed by atoms with Crippen molar-refractivity contribution in [2.24, 2.45) is 0 Å². The van der Waals surface area contributed by atoms with Gasteiger partial charge >= 0.3 is 0 Å². The number of pyridine rings is 1. The Balaban J connectivity index is 1.15. The summed E-state index contributed by atoms with van der Waals surface area (Å²) in [6.07, 6.45) is 7.01.